The summed E-state index contributed by atoms with van der Waals surface area (Å²) in [6, 6.07) is 0. The van der Waals surface area contributed by atoms with Crippen LogP contribution >= 0.6 is 0 Å². The molecule has 1 aliphatic carbocycles. The molecule has 2 rings (SSSR count). The lowest BCUT2D eigenvalue weighted by atomic mass is 9.88. The fourth-order valence-corrected chi connectivity index (χ4v) is 2.97. The molecule has 0 amide bonds. The smallest absolute Gasteiger partial charge is 0.341 e. The molecule has 0 atom stereocenters. The number of pyridine rings is 1. The number of hydrogen-bond donors (Lipinski definition) is 2. The first-order chi connectivity index (χ1) is 9.15. The van der Waals surface area contributed by atoms with Crippen LogP contribution in [0.4, 0.5) is 0 Å². The lowest BCUT2D eigenvalue weighted by molar-refractivity contribution is 0.0693. The van der Waals surface area contributed by atoms with Crippen LogP contribution in [0, 0.1) is 0 Å². The van der Waals surface area contributed by atoms with Crippen molar-refractivity contribution in [2.75, 3.05) is 0 Å². The largest absolute Gasteiger partial charge is 0.477 e. The summed E-state index contributed by atoms with van der Waals surface area (Å²) in [5.74, 6) is -1.10. The van der Waals surface area contributed by atoms with E-state index in [1.165, 1.54) is 6.42 Å². The van der Waals surface area contributed by atoms with Gasteiger partial charge >= 0.3 is 5.97 Å². The average molecular weight is 263 g/mol. The number of aromatic nitrogens is 1. The van der Waals surface area contributed by atoms with Gasteiger partial charge in [-0.25, -0.2) is 4.79 Å². The molecule has 0 bridgehead atoms. The molecule has 1 aromatic rings. The molecule has 1 heterocycles. The van der Waals surface area contributed by atoms with E-state index in [0.717, 1.165) is 61.8 Å². The Morgan fingerprint density at radius 1 is 1.16 bits per heavy atom. The summed E-state index contributed by atoms with van der Waals surface area (Å²) >= 11 is 0. The summed E-state index contributed by atoms with van der Waals surface area (Å²) in [4.78, 5) is 26.1. The first-order valence-electron chi connectivity index (χ1n) is 7.15. The van der Waals surface area contributed by atoms with Gasteiger partial charge in [-0.2, -0.15) is 0 Å². The van der Waals surface area contributed by atoms with E-state index in [4.69, 9.17) is 0 Å². The van der Waals surface area contributed by atoms with Crippen LogP contribution in [0.3, 0.4) is 0 Å². The van der Waals surface area contributed by atoms with Gasteiger partial charge in [0.1, 0.15) is 5.56 Å². The van der Waals surface area contributed by atoms with E-state index in [0.29, 0.717) is 0 Å². The average Bonchev–Trinajstić information content (AvgIpc) is 2.30. The van der Waals surface area contributed by atoms with E-state index >= 15 is 0 Å². The van der Waals surface area contributed by atoms with Gasteiger partial charge in [0, 0.05) is 5.69 Å². The normalized spacial score (nSPS) is 15.4. The number of H-pyrrole nitrogens is 1. The highest BCUT2D eigenvalue weighted by Gasteiger charge is 2.22. The molecule has 4 heteroatoms. The van der Waals surface area contributed by atoms with Crippen molar-refractivity contribution in [3.8, 4) is 0 Å². The predicted octanol–water partition coefficient (Wildman–Crippen LogP) is 2.68. The van der Waals surface area contributed by atoms with E-state index in [2.05, 4.69) is 11.9 Å². The second-order valence-electron chi connectivity index (χ2n) is 5.23. The molecule has 0 fully saturated rings. The van der Waals surface area contributed by atoms with Gasteiger partial charge in [0.25, 0.3) is 5.56 Å². The Labute approximate surface area is 112 Å². The highest BCUT2D eigenvalue weighted by molar-refractivity contribution is 5.89. The maximum atomic E-state index is 12.0. The summed E-state index contributed by atoms with van der Waals surface area (Å²) in [6.07, 6.45) is 7.74. The number of hydrogen-bond acceptors (Lipinski definition) is 2. The second-order valence-corrected chi connectivity index (χ2v) is 5.23. The summed E-state index contributed by atoms with van der Waals surface area (Å²) < 4.78 is 0. The number of aryl methyl sites for hydroxylation is 1. The van der Waals surface area contributed by atoms with Crippen molar-refractivity contribution in [3.63, 3.8) is 0 Å². The second kappa shape index (κ2) is 6.04. The molecule has 0 aromatic carbocycles. The molecule has 1 aromatic heterocycles. The Hall–Kier alpha value is -1.58. The molecule has 4 nitrogen and oxygen atoms in total. The van der Waals surface area contributed by atoms with Gasteiger partial charge in [0.05, 0.1) is 0 Å². The zero-order valence-corrected chi connectivity index (χ0v) is 11.4. The van der Waals surface area contributed by atoms with Crippen molar-refractivity contribution in [2.24, 2.45) is 0 Å². The third-order valence-electron chi connectivity index (χ3n) is 3.84. The number of fused-ring (bicyclic) bond motifs is 1. The number of aromatic carboxylic acids is 1. The van der Waals surface area contributed by atoms with Crippen molar-refractivity contribution >= 4 is 5.97 Å². The van der Waals surface area contributed by atoms with Gasteiger partial charge < -0.3 is 10.1 Å². The molecule has 0 saturated carbocycles. The fourth-order valence-electron chi connectivity index (χ4n) is 2.97. The van der Waals surface area contributed by atoms with E-state index in [9.17, 15) is 14.7 Å². The molecular weight excluding hydrogens is 242 g/mol. The van der Waals surface area contributed by atoms with Crippen LogP contribution in [0.15, 0.2) is 4.79 Å². The molecular formula is C15H21NO3. The lowest BCUT2D eigenvalue weighted by Crippen LogP contribution is -2.25. The van der Waals surface area contributed by atoms with Crippen LogP contribution in [0.5, 0.6) is 0 Å². The monoisotopic (exact) mass is 263 g/mol. The quantitative estimate of drug-likeness (QED) is 0.880. The zero-order chi connectivity index (χ0) is 13.8. The van der Waals surface area contributed by atoms with E-state index in [-0.39, 0.29) is 5.56 Å². The lowest BCUT2D eigenvalue weighted by Gasteiger charge is -2.19. The zero-order valence-electron chi connectivity index (χ0n) is 11.4. The van der Waals surface area contributed by atoms with Crippen LogP contribution in [0.1, 0.15) is 66.2 Å². The third kappa shape index (κ3) is 2.88. The Kier molecular flexibility index (Phi) is 4.40. The minimum atomic E-state index is -1.10. The van der Waals surface area contributed by atoms with E-state index in [1.807, 2.05) is 0 Å². The third-order valence-corrected chi connectivity index (χ3v) is 3.84. The van der Waals surface area contributed by atoms with Gasteiger partial charge in [-0.1, -0.05) is 26.2 Å². The first kappa shape index (κ1) is 13.8. The molecule has 0 spiro atoms. The number of carboxylic acid groups (broad SMARTS) is 1. The Balaban J connectivity index is 2.62. The highest BCUT2D eigenvalue weighted by Crippen LogP contribution is 2.24. The van der Waals surface area contributed by atoms with Gasteiger partial charge in [0.2, 0.25) is 0 Å². The van der Waals surface area contributed by atoms with Crippen molar-refractivity contribution in [1.82, 2.24) is 4.98 Å². The minimum absolute atomic E-state index is 0.0308. The van der Waals surface area contributed by atoms with Crippen LogP contribution < -0.4 is 5.56 Å². The standard InChI is InChI=1S/C15H21NO3/c1-2-7-12-10-8-5-3-4-6-9-11(10)13(15(18)19)14(17)16-12/h2-9H2,1H3,(H,16,17)(H,18,19). The van der Waals surface area contributed by atoms with Crippen LogP contribution in [0.2, 0.25) is 0 Å². The number of carboxylic acids is 1. The van der Waals surface area contributed by atoms with Crippen LogP contribution in [-0.2, 0) is 19.3 Å². The minimum Gasteiger partial charge on any atom is -0.477 e. The topological polar surface area (TPSA) is 70.2 Å². The number of rotatable bonds is 3. The van der Waals surface area contributed by atoms with Crippen molar-refractivity contribution in [3.05, 3.63) is 32.7 Å². The van der Waals surface area contributed by atoms with E-state index < -0.39 is 11.5 Å². The Bertz CT molecular complexity index is 531. The molecule has 104 valence electrons. The fraction of sp³-hybridized carbons (Fsp3) is 0.600. The van der Waals surface area contributed by atoms with Gasteiger partial charge in [0.15, 0.2) is 0 Å². The maximum absolute atomic E-state index is 12.0. The van der Waals surface area contributed by atoms with Crippen molar-refractivity contribution in [2.45, 2.75) is 58.3 Å². The van der Waals surface area contributed by atoms with Crippen molar-refractivity contribution < 1.29 is 9.90 Å². The van der Waals surface area contributed by atoms with Gasteiger partial charge in [-0.15, -0.1) is 0 Å². The van der Waals surface area contributed by atoms with Crippen LogP contribution in [-0.4, -0.2) is 16.1 Å². The molecule has 0 aliphatic heterocycles. The molecule has 1 aliphatic rings. The molecule has 2 N–H and O–H groups in total. The number of nitrogens with one attached hydrogen (secondary N) is 1. The number of aromatic amines is 1. The highest BCUT2D eigenvalue weighted by atomic mass is 16.4. The van der Waals surface area contributed by atoms with Gasteiger partial charge in [-0.05, 0) is 43.2 Å². The molecule has 0 unspecified atom stereocenters. The van der Waals surface area contributed by atoms with Crippen LogP contribution in [0.25, 0.3) is 0 Å². The molecule has 19 heavy (non-hydrogen) atoms. The van der Waals surface area contributed by atoms with E-state index in [1.54, 1.807) is 0 Å². The molecule has 0 saturated heterocycles. The first-order valence-corrected chi connectivity index (χ1v) is 7.15. The Morgan fingerprint density at radius 3 is 2.37 bits per heavy atom. The Morgan fingerprint density at radius 2 is 1.79 bits per heavy atom. The maximum Gasteiger partial charge on any atom is 0.341 e. The molecule has 0 radical (unpaired) electrons. The predicted molar refractivity (Wildman–Crippen MR) is 73.9 cm³/mol. The summed E-state index contributed by atoms with van der Waals surface area (Å²) in [5, 5.41) is 9.28. The van der Waals surface area contributed by atoms with Crippen molar-refractivity contribution in [1.29, 1.82) is 0 Å². The summed E-state index contributed by atoms with van der Waals surface area (Å²) in [7, 11) is 0. The SMILES string of the molecule is CCCc1[nH]c(=O)c(C(=O)O)c2c1CCCCCC2. The summed E-state index contributed by atoms with van der Waals surface area (Å²) in [6.45, 7) is 2.07. The summed E-state index contributed by atoms with van der Waals surface area (Å²) in [5.41, 5.74) is 2.37. The number of carbonyl (C=O) groups is 1. The van der Waals surface area contributed by atoms with Gasteiger partial charge in [-0.3, -0.25) is 4.79 Å².